The number of amides is 1. The number of thiocarbonyl (C=S) groups is 1. The maximum absolute atomic E-state index is 12.9. The second kappa shape index (κ2) is 9.45. The molecule has 0 unspecified atom stereocenters. The molecule has 5 nitrogen and oxygen atoms in total. The van der Waals surface area contributed by atoms with E-state index in [1.54, 1.807) is 6.08 Å². The van der Waals surface area contributed by atoms with Gasteiger partial charge in [-0.3, -0.25) is 9.69 Å². The Bertz CT molecular complexity index is 1090. The first-order valence-corrected chi connectivity index (χ1v) is 10.4. The highest BCUT2D eigenvalue weighted by atomic mass is 32.1. The molecule has 3 aromatic rings. The van der Waals surface area contributed by atoms with Gasteiger partial charge in [0.25, 0.3) is 5.91 Å². The second-order valence-corrected chi connectivity index (χ2v) is 7.29. The first-order valence-electron chi connectivity index (χ1n) is 10.0. The van der Waals surface area contributed by atoms with Gasteiger partial charge in [-0.1, -0.05) is 42.5 Å². The molecule has 1 heterocycles. The lowest BCUT2D eigenvalue weighted by molar-refractivity contribution is -0.113. The Kier molecular flexibility index (Phi) is 6.29. The van der Waals surface area contributed by atoms with E-state index < -0.39 is 0 Å². The first kappa shape index (κ1) is 20.6. The molecule has 0 aliphatic carbocycles. The Morgan fingerprint density at radius 2 is 1.55 bits per heavy atom. The van der Waals surface area contributed by atoms with E-state index in [-0.39, 0.29) is 5.91 Å². The number of hydrogen-bond donors (Lipinski definition) is 1. The number of nitrogens with one attached hydrogen (secondary N) is 1. The summed E-state index contributed by atoms with van der Waals surface area (Å²) in [6.07, 6.45) is 1.78. The van der Waals surface area contributed by atoms with Crippen LogP contribution in [-0.2, 0) is 11.4 Å². The van der Waals surface area contributed by atoms with Gasteiger partial charge >= 0.3 is 0 Å². The summed E-state index contributed by atoms with van der Waals surface area (Å²) in [6.45, 7) is 3.02. The summed E-state index contributed by atoms with van der Waals surface area (Å²) in [5, 5.41) is 3.36. The van der Waals surface area contributed by atoms with Crippen molar-refractivity contribution in [3.63, 3.8) is 0 Å². The van der Waals surface area contributed by atoms with Crippen molar-refractivity contribution in [3.8, 4) is 11.5 Å². The molecule has 1 N–H and O–H groups in total. The average Bonchev–Trinajstić information content (AvgIpc) is 3.07. The average molecular weight is 431 g/mol. The van der Waals surface area contributed by atoms with Gasteiger partial charge in [-0.2, -0.15) is 0 Å². The molecule has 1 saturated heterocycles. The summed E-state index contributed by atoms with van der Waals surface area (Å²) >= 11 is 5.38. The van der Waals surface area contributed by atoms with E-state index in [2.05, 4.69) is 5.32 Å². The van der Waals surface area contributed by atoms with Crippen LogP contribution in [0.1, 0.15) is 18.1 Å². The number of ether oxygens (including phenoxy) is 2. The Balaban J connectivity index is 1.43. The quantitative estimate of drug-likeness (QED) is 0.426. The topological polar surface area (TPSA) is 50.8 Å². The number of rotatable bonds is 7. The Morgan fingerprint density at radius 1 is 0.903 bits per heavy atom. The van der Waals surface area contributed by atoms with Crippen molar-refractivity contribution in [1.29, 1.82) is 0 Å². The third kappa shape index (κ3) is 4.92. The third-order valence-corrected chi connectivity index (χ3v) is 5.01. The van der Waals surface area contributed by atoms with Gasteiger partial charge in [0.1, 0.15) is 23.8 Å². The molecular weight excluding hydrogens is 408 g/mol. The van der Waals surface area contributed by atoms with Crippen LogP contribution in [0.25, 0.3) is 6.08 Å². The molecule has 0 radical (unpaired) electrons. The van der Waals surface area contributed by atoms with Crippen LogP contribution in [-0.4, -0.2) is 17.6 Å². The maximum atomic E-state index is 12.9. The molecule has 4 rings (SSSR count). The Labute approximate surface area is 186 Å². The van der Waals surface area contributed by atoms with Gasteiger partial charge in [0.2, 0.25) is 0 Å². The number of hydrogen-bond acceptors (Lipinski definition) is 4. The minimum Gasteiger partial charge on any atom is -0.494 e. The summed E-state index contributed by atoms with van der Waals surface area (Å²) in [6, 6.07) is 24.9. The molecule has 0 spiro atoms. The lowest BCUT2D eigenvalue weighted by Gasteiger charge is -2.14. The number of benzene rings is 3. The van der Waals surface area contributed by atoms with Crippen molar-refractivity contribution in [2.75, 3.05) is 11.5 Å². The zero-order valence-corrected chi connectivity index (χ0v) is 17.9. The van der Waals surface area contributed by atoms with Crippen LogP contribution < -0.4 is 19.7 Å². The summed E-state index contributed by atoms with van der Waals surface area (Å²) in [4.78, 5) is 14.4. The van der Waals surface area contributed by atoms with E-state index in [0.717, 1.165) is 22.6 Å². The lowest BCUT2D eigenvalue weighted by atomic mass is 10.2. The minimum atomic E-state index is -0.196. The van der Waals surface area contributed by atoms with Crippen LogP contribution in [0.15, 0.2) is 84.6 Å². The smallest absolute Gasteiger partial charge is 0.281 e. The summed E-state index contributed by atoms with van der Waals surface area (Å²) in [7, 11) is 0. The Hall–Kier alpha value is -3.64. The molecule has 1 amide bonds. The molecule has 0 atom stereocenters. The molecule has 0 aromatic heterocycles. The van der Waals surface area contributed by atoms with Crippen molar-refractivity contribution in [1.82, 2.24) is 5.32 Å². The number of carbonyl (C=O) groups is 1. The van der Waals surface area contributed by atoms with Crippen molar-refractivity contribution in [3.05, 3.63) is 95.7 Å². The van der Waals surface area contributed by atoms with Crippen LogP contribution in [0.5, 0.6) is 11.5 Å². The van der Waals surface area contributed by atoms with Gasteiger partial charge in [-0.05, 0) is 72.7 Å². The molecule has 1 fully saturated rings. The fraction of sp³-hybridized carbons (Fsp3) is 0.120. The van der Waals surface area contributed by atoms with E-state index in [1.165, 1.54) is 4.90 Å². The molecule has 1 aliphatic rings. The molecule has 0 bridgehead atoms. The highest BCUT2D eigenvalue weighted by Gasteiger charge is 2.31. The van der Waals surface area contributed by atoms with Gasteiger partial charge in [0.15, 0.2) is 5.11 Å². The van der Waals surface area contributed by atoms with E-state index in [9.17, 15) is 4.79 Å². The van der Waals surface area contributed by atoms with E-state index in [4.69, 9.17) is 21.7 Å². The highest BCUT2D eigenvalue weighted by Crippen LogP contribution is 2.25. The van der Waals surface area contributed by atoms with Crippen molar-refractivity contribution in [2.45, 2.75) is 13.5 Å². The minimum absolute atomic E-state index is 0.196. The molecule has 0 saturated carbocycles. The van der Waals surface area contributed by atoms with Gasteiger partial charge < -0.3 is 14.8 Å². The molecule has 156 valence electrons. The summed E-state index contributed by atoms with van der Waals surface area (Å²) in [5.74, 6) is 1.32. The van der Waals surface area contributed by atoms with Gasteiger partial charge in [0.05, 0.1) is 12.3 Å². The SMILES string of the molecule is CCOc1ccc(N2C(=O)/C(=C/c3ccc(OCc4ccccc4)cc3)NC2=S)cc1. The standard InChI is InChI=1S/C25H22N2O3S/c1-2-29-21-14-10-20(11-15-21)27-24(28)23(26-25(27)31)16-18-8-12-22(13-9-18)30-17-19-6-4-3-5-7-19/h3-16H,2,17H2,1H3,(H,26,31)/b23-16-. The maximum Gasteiger partial charge on any atom is 0.281 e. The van der Waals surface area contributed by atoms with Crippen LogP contribution >= 0.6 is 12.2 Å². The van der Waals surface area contributed by atoms with Gasteiger partial charge in [0, 0.05) is 0 Å². The van der Waals surface area contributed by atoms with Crippen LogP contribution in [0.4, 0.5) is 5.69 Å². The largest absolute Gasteiger partial charge is 0.494 e. The zero-order chi connectivity index (χ0) is 21.6. The molecule has 31 heavy (non-hydrogen) atoms. The first-order chi connectivity index (χ1) is 15.1. The predicted octanol–water partition coefficient (Wildman–Crippen LogP) is 4.93. The van der Waals surface area contributed by atoms with Crippen LogP contribution in [0, 0.1) is 0 Å². The zero-order valence-electron chi connectivity index (χ0n) is 17.1. The Morgan fingerprint density at radius 3 is 2.23 bits per heavy atom. The fourth-order valence-corrected chi connectivity index (χ4v) is 3.49. The van der Waals surface area contributed by atoms with Crippen molar-refractivity contribution >= 4 is 35.0 Å². The molecule has 1 aliphatic heterocycles. The van der Waals surface area contributed by atoms with Crippen LogP contribution in [0.2, 0.25) is 0 Å². The third-order valence-electron chi connectivity index (χ3n) is 4.72. The van der Waals surface area contributed by atoms with Crippen LogP contribution in [0.3, 0.4) is 0 Å². The van der Waals surface area contributed by atoms with Gasteiger partial charge in [-0.25, -0.2) is 0 Å². The normalized spacial score (nSPS) is 14.6. The van der Waals surface area contributed by atoms with Crippen molar-refractivity contribution < 1.29 is 14.3 Å². The number of nitrogens with zero attached hydrogens (tertiary/aromatic N) is 1. The number of anilines is 1. The van der Waals surface area contributed by atoms with Crippen molar-refractivity contribution in [2.24, 2.45) is 0 Å². The second-order valence-electron chi connectivity index (χ2n) is 6.90. The molecular formula is C25H22N2O3S. The molecule has 6 heteroatoms. The van der Waals surface area contributed by atoms with E-state index >= 15 is 0 Å². The summed E-state index contributed by atoms with van der Waals surface area (Å²) < 4.78 is 11.3. The van der Waals surface area contributed by atoms with E-state index in [1.807, 2.05) is 85.8 Å². The van der Waals surface area contributed by atoms with E-state index in [0.29, 0.717) is 29.7 Å². The fourth-order valence-electron chi connectivity index (χ4n) is 3.20. The highest BCUT2D eigenvalue weighted by molar-refractivity contribution is 7.80. The lowest BCUT2D eigenvalue weighted by Crippen LogP contribution is -2.30. The van der Waals surface area contributed by atoms with Gasteiger partial charge in [-0.15, -0.1) is 0 Å². The predicted molar refractivity (Wildman–Crippen MR) is 126 cm³/mol. The number of carbonyl (C=O) groups excluding carboxylic acids is 1. The molecule has 3 aromatic carbocycles. The monoisotopic (exact) mass is 430 g/mol. The summed E-state index contributed by atoms with van der Waals surface area (Å²) in [5.41, 5.74) is 3.10.